The summed E-state index contributed by atoms with van der Waals surface area (Å²) in [4.78, 5) is 12.3. The SMILES string of the molecule is Cc1ccc(C(N)C(=O)NC2CCCC(C)CC2)cc1.Cl. The number of nitrogens with two attached hydrogens (primary N) is 1. The highest BCUT2D eigenvalue weighted by Crippen LogP contribution is 2.23. The van der Waals surface area contributed by atoms with E-state index in [9.17, 15) is 4.79 Å². The lowest BCUT2D eigenvalue weighted by atomic mass is 10.0. The molecule has 1 saturated carbocycles. The Morgan fingerprint density at radius 2 is 1.86 bits per heavy atom. The van der Waals surface area contributed by atoms with Crippen LogP contribution in [0, 0.1) is 12.8 Å². The average molecular weight is 311 g/mol. The second-order valence-electron chi connectivity index (χ2n) is 6.21. The van der Waals surface area contributed by atoms with Crippen LogP contribution < -0.4 is 11.1 Å². The molecule has 1 aliphatic rings. The summed E-state index contributed by atoms with van der Waals surface area (Å²) in [6.07, 6.45) is 5.83. The standard InChI is InChI=1S/C17H26N2O.ClH/c1-12-4-3-5-15(11-8-12)19-17(20)16(18)14-9-6-13(2)7-10-14;/h6-7,9-10,12,15-16H,3-5,8,11,18H2,1-2H3,(H,19,20);1H. The van der Waals surface area contributed by atoms with Crippen LogP contribution in [0.15, 0.2) is 24.3 Å². The average Bonchev–Trinajstić information content (AvgIpc) is 2.64. The molecule has 2 rings (SSSR count). The number of carbonyl (C=O) groups is 1. The molecule has 0 saturated heterocycles. The Labute approximate surface area is 134 Å². The fraction of sp³-hybridized carbons (Fsp3) is 0.588. The molecule has 21 heavy (non-hydrogen) atoms. The first-order valence-electron chi connectivity index (χ1n) is 7.69. The molecule has 1 aromatic carbocycles. The van der Waals surface area contributed by atoms with Gasteiger partial charge in [0.15, 0.2) is 0 Å². The van der Waals surface area contributed by atoms with Gasteiger partial charge in [-0.05, 0) is 37.7 Å². The number of halogens is 1. The molecule has 1 amide bonds. The largest absolute Gasteiger partial charge is 0.352 e. The minimum Gasteiger partial charge on any atom is -0.352 e. The topological polar surface area (TPSA) is 55.1 Å². The van der Waals surface area contributed by atoms with Crippen molar-refractivity contribution in [3.63, 3.8) is 0 Å². The van der Waals surface area contributed by atoms with E-state index in [2.05, 4.69) is 12.2 Å². The third-order valence-corrected chi connectivity index (χ3v) is 4.32. The maximum Gasteiger partial charge on any atom is 0.241 e. The van der Waals surface area contributed by atoms with Gasteiger partial charge in [0.05, 0.1) is 0 Å². The molecule has 118 valence electrons. The summed E-state index contributed by atoms with van der Waals surface area (Å²) in [5, 5.41) is 3.13. The number of aryl methyl sites for hydroxylation is 1. The predicted octanol–water partition coefficient (Wildman–Crippen LogP) is 3.50. The Balaban J connectivity index is 0.00000220. The summed E-state index contributed by atoms with van der Waals surface area (Å²) in [5.74, 6) is 0.732. The van der Waals surface area contributed by atoms with Crippen LogP contribution >= 0.6 is 12.4 Å². The first kappa shape index (κ1) is 18.0. The molecular weight excluding hydrogens is 284 g/mol. The van der Waals surface area contributed by atoms with Gasteiger partial charge in [0, 0.05) is 6.04 Å². The number of amides is 1. The van der Waals surface area contributed by atoms with Crippen LogP contribution in [0.5, 0.6) is 0 Å². The zero-order valence-electron chi connectivity index (χ0n) is 13.0. The Morgan fingerprint density at radius 1 is 1.19 bits per heavy atom. The predicted molar refractivity (Wildman–Crippen MR) is 89.5 cm³/mol. The summed E-state index contributed by atoms with van der Waals surface area (Å²) in [5.41, 5.74) is 8.12. The lowest BCUT2D eigenvalue weighted by Crippen LogP contribution is -2.40. The van der Waals surface area contributed by atoms with E-state index >= 15 is 0 Å². The zero-order chi connectivity index (χ0) is 14.5. The van der Waals surface area contributed by atoms with Crippen molar-refractivity contribution in [1.82, 2.24) is 5.32 Å². The highest BCUT2D eigenvalue weighted by Gasteiger charge is 2.21. The molecule has 0 aromatic heterocycles. The summed E-state index contributed by atoms with van der Waals surface area (Å²) in [7, 11) is 0. The van der Waals surface area contributed by atoms with E-state index in [4.69, 9.17) is 5.73 Å². The van der Waals surface area contributed by atoms with Crippen LogP contribution in [0.25, 0.3) is 0 Å². The van der Waals surface area contributed by atoms with Crippen LogP contribution in [0.2, 0.25) is 0 Å². The van der Waals surface area contributed by atoms with Crippen LogP contribution in [-0.4, -0.2) is 11.9 Å². The molecule has 1 aliphatic carbocycles. The molecule has 3 atom stereocenters. The molecule has 4 heteroatoms. The van der Waals surface area contributed by atoms with Crippen molar-refractivity contribution in [2.45, 2.75) is 58.0 Å². The van der Waals surface area contributed by atoms with Crippen LogP contribution in [0.4, 0.5) is 0 Å². The number of rotatable bonds is 3. The first-order valence-corrected chi connectivity index (χ1v) is 7.69. The lowest BCUT2D eigenvalue weighted by Gasteiger charge is -2.20. The molecule has 1 aromatic rings. The van der Waals surface area contributed by atoms with Gasteiger partial charge in [-0.15, -0.1) is 12.4 Å². The molecule has 3 N–H and O–H groups in total. The second kappa shape index (κ2) is 8.40. The van der Waals surface area contributed by atoms with Gasteiger partial charge in [-0.3, -0.25) is 4.79 Å². The first-order chi connectivity index (χ1) is 9.56. The quantitative estimate of drug-likeness (QED) is 0.840. The molecular formula is C17H27ClN2O. The Kier molecular flexibility index (Phi) is 7.20. The summed E-state index contributed by atoms with van der Waals surface area (Å²) in [6, 6.07) is 7.61. The molecule has 3 unspecified atom stereocenters. The van der Waals surface area contributed by atoms with Crippen molar-refractivity contribution in [1.29, 1.82) is 0 Å². The van der Waals surface area contributed by atoms with Gasteiger partial charge in [-0.25, -0.2) is 0 Å². The minimum absolute atomic E-state index is 0. The smallest absolute Gasteiger partial charge is 0.241 e. The third kappa shape index (κ3) is 5.33. The van der Waals surface area contributed by atoms with Crippen LogP contribution in [0.3, 0.4) is 0 Å². The maximum atomic E-state index is 12.3. The number of hydrogen-bond acceptors (Lipinski definition) is 2. The van der Waals surface area contributed by atoms with Crippen molar-refractivity contribution in [2.24, 2.45) is 11.7 Å². The number of carbonyl (C=O) groups excluding carboxylic acids is 1. The fourth-order valence-electron chi connectivity index (χ4n) is 2.85. The van der Waals surface area contributed by atoms with Gasteiger partial charge < -0.3 is 11.1 Å². The molecule has 0 heterocycles. The van der Waals surface area contributed by atoms with Gasteiger partial charge in [0.25, 0.3) is 0 Å². The molecule has 0 bridgehead atoms. The normalized spacial score (nSPS) is 23.6. The van der Waals surface area contributed by atoms with Gasteiger partial charge >= 0.3 is 0 Å². The zero-order valence-corrected chi connectivity index (χ0v) is 13.8. The molecule has 0 radical (unpaired) electrons. The van der Waals surface area contributed by atoms with Crippen LogP contribution in [0.1, 0.15) is 56.2 Å². The maximum absolute atomic E-state index is 12.3. The van der Waals surface area contributed by atoms with E-state index in [0.29, 0.717) is 6.04 Å². The monoisotopic (exact) mass is 310 g/mol. The third-order valence-electron chi connectivity index (χ3n) is 4.32. The van der Waals surface area contributed by atoms with Crippen molar-refractivity contribution in [3.8, 4) is 0 Å². The van der Waals surface area contributed by atoms with E-state index in [-0.39, 0.29) is 18.3 Å². The van der Waals surface area contributed by atoms with E-state index < -0.39 is 6.04 Å². The van der Waals surface area contributed by atoms with E-state index in [0.717, 1.165) is 24.3 Å². The molecule has 0 aliphatic heterocycles. The van der Waals surface area contributed by atoms with Crippen molar-refractivity contribution in [3.05, 3.63) is 35.4 Å². The van der Waals surface area contributed by atoms with Crippen molar-refractivity contribution < 1.29 is 4.79 Å². The minimum atomic E-state index is -0.559. The molecule has 1 fully saturated rings. The lowest BCUT2D eigenvalue weighted by molar-refractivity contribution is -0.123. The molecule has 0 spiro atoms. The highest BCUT2D eigenvalue weighted by atomic mass is 35.5. The van der Waals surface area contributed by atoms with Crippen molar-refractivity contribution in [2.75, 3.05) is 0 Å². The summed E-state index contributed by atoms with van der Waals surface area (Å²) >= 11 is 0. The Morgan fingerprint density at radius 3 is 2.52 bits per heavy atom. The highest BCUT2D eigenvalue weighted by molar-refractivity contribution is 5.85. The van der Waals surface area contributed by atoms with Gasteiger partial charge in [0.2, 0.25) is 5.91 Å². The van der Waals surface area contributed by atoms with Crippen LogP contribution in [-0.2, 0) is 4.79 Å². The van der Waals surface area contributed by atoms with Gasteiger partial charge in [-0.2, -0.15) is 0 Å². The second-order valence-corrected chi connectivity index (χ2v) is 6.21. The van der Waals surface area contributed by atoms with E-state index in [1.54, 1.807) is 0 Å². The Bertz CT molecular complexity index is 447. The van der Waals surface area contributed by atoms with E-state index in [1.165, 1.54) is 24.8 Å². The fourth-order valence-corrected chi connectivity index (χ4v) is 2.85. The number of hydrogen-bond donors (Lipinski definition) is 2. The number of benzene rings is 1. The van der Waals surface area contributed by atoms with Gasteiger partial charge in [-0.1, -0.05) is 49.6 Å². The summed E-state index contributed by atoms with van der Waals surface area (Å²) < 4.78 is 0. The summed E-state index contributed by atoms with van der Waals surface area (Å²) in [6.45, 7) is 4.32. The number of nitrogens with one attached hydrogen (secondary N) is 1. The Hall–Kier alpha value is -1.06. The van der Waals surface area contributed by atoms with Gasteiger partial charge in [0.1, 0.15) is 6.04 Å². The van der Waals surface area contributed by atoms with Crippen molar-refractivity contribution >= 4 is 18.3 Å². The van der Waals surface area contributed by atoms with E-state index in [1.807, 2.05) is 31.2 Å². The molecule has 3 nitrogen and oxygen atoms in total.